The summed E-state index contributed by atoms with van der Waals surface area (Å²) in [7, 11) is 1.33. The Labute approximate surface area is 86.5 Å². The normalized spacial score (nSPS) is 12.4. The van der Waals surface area contributed by atoms with Crippen LogP contribution in [0, 0.1) is 0 Å². The van der Waals surface area contributed by atoms with Gasteiger partial charge in [-0.15, -0.1) is 0 Å². The molecule has 14 heavy (non-hydrogen) atoms. The highest BCUT2D eigenvalue weighted by Gasteiger charge is 2.08. The van der Waals surface area contributed by atoms with Crippen LogP contribution in [0.15, 0.2) is 16.8 Å². The maximum atomic E-state index is 10.7. The fourth-order valence-electron chi connectivity index (χ4n) is 0.966. The molecule has 5 heteroatoms. The summed E-state index contributed by atoms with van der Waals surface area (Å²) >= 11 is 1.53. The monoisotopic (exact) mass is 215 g/mol. The molecule has 1 heterocycles. The van der Waals surface area contributed by atoms with E-state index in [4.69, 9.17) is 0 Å². The van der Waals surface area contributed by atoms with Crippen LogP contribution in [0.3, 0.4) is 0 Å². The second-order valence-corrected chi connectivity index (χ2v) is 3.56. The van der Waals surface area contributed by atoms with Gasteiger partial charge in [0.05, 0.1) is 19.8 Å². The highest BCUT2D eigenvalue weighted by atomic mass is 32.1. The number of methoxy groups -OCH3 is 1. The largest absolute Gasteiger partial charge is 0.468 e. The molecule has 4 nitrogen and oxygen atoms in total. The number of nitrogens with one attached hydrogen (secondary N) is 1. The molecule has 0 aromatic carbocycles. The summed E-state index contributed by atoms with van der Waals surface area (Å²) in [6.07, 6.45) is -0.564. The summed E-state index contributed by atoms with van der Waals surface area (Å²) < 4.78 is 4.44. The molecule has 0 aliphatic heterocycles. The Morgan fingerprint density at radius 3 is 3.14 bits per heavy atom. The van der Waals surface area contributed by atoms with Gasteiger partial charge < -0.3 is 15.2 Å². The summed E-state index contributed by atoms with van der Waals surface area (Å²) in [6.45, 7) is 0.476. The van der Waals surface area contributed by atoms with E-state index in [0.717, 1.165) is 5.56 Å². The molecule has 1 rings (SSSR count). The van der Waals surface area contributed by atoms with E-state index in [0.29, 0.717) is 6.54 Å². The van der Waals surface area contributed by atoms with Crippen molar-refractivity contribution in [1.29, 1.82) is 0 Å². The molecule has 0 bridgehead atoms. The van der Waals surface area contributed by atoms with Crippen molar-refractivity contribution < 1.29 is 14.6 Å². The topological polar surface area (TPSA) is 58.6 Å². The number of rotatable bonds is 5. The molecule has 0 aliphatic rings. The average Bonchev–Trinajstić information content (AvgIpc) is 2.70. The Morgan fingerprint density at radius 1 is 1.79 bits per heavy atom. The summed E-state index contributed by atoms with van der Waals surface area (Å²) in [5, 5.41) is 16.2. The molecule has 0 spiro atoms. The average molecular weight is 215 g/mol. The Kier molecular flexibility index (Phi) is 4.58. The predicted octanol–water partition coefficient (Wildman–Crippen LogP) is 0.544. The van der Waals surface area contributed by atoms with Crippen molar-refractivity contribution in [3.05, 3.63) is 22.4 Å². The van der Waals surface area contributed by atoms with E-state index in [9.17, 15) is 9.90 Å². The van der Waals surface area contributed by atoms with E-state index in [1.54, 1.807) is 0 Å². The Balaban J connectivity index is 2.22. The van der Waals surface area contributed by atoms with E-state index in [1.165, 1.54) is 18.4 Å². The van der Waals surface area contributed by atoms with Crippen molar-refractivity contribution in [3.63, 3.8) is 0 Å². The summed E-state index contributed by atoms with van der Waals surface area (Å²) in [6, 6.07) is 1.86. The third-order valence-electron chi connectivity index (χ3n) is 1.76. The van der Waals surface area contributed by atoms with Crippen molar-refractivity contribution in [1.82, 2.24) is 5.32 Å². The van der Waals surface area contributed by atoms with Crippen LogP contribution in [0.4, 0.5) is 0 Å². The SMILES string of the molecule is COC(=O)CNCC(O)c1ccsc1. The van der Waals surface area contributed by atoms with Crippen LogP contribution in [-0.2, 0) is 9.53 Å². The number of ether oxygens (including phenoxy) is 1. The molecule has 0 saturated heterocycles. The fraction of sp³-hybridized carbons (Fsp3) is 0.444. The van der Waals surface area contributed by atoms with Crippen LogP contribution in [0.2, 0.25) is 0 Å². The van der Waals surface area contributed by atoms with Crippen LogP contribution in [0.1, 0.15) is 11.7 Å². The quantitative estimate of drug-likeness (QED) is 0.704. The zero-order chi connectivity index (χ0) is 10.4. The minimum atomic E-state index is -0.564. The lowest BCUT2D eigenvalue weighted by atomic mass is 10.2. The van der Waals surface area contributed by atoms with Crippen molar-refractivity contribution >= 4 is 17.3 Å². The highest BCUT2D eigenvalue weighted by molar-refractivity contribution is 7.07. The first-order valence-electron chi connectivity index (χ1n) is 4.21. The van der Waals surface area contributed by atoms with Crippen molar-refractivity contribution in [2.45, 2.75) is 6.10 Å². The first kappa shape index (κ1) is 11.2. The number of carbonyl (C=O) groups is 1. The molecule has 1 aromatic rings. The van der Waals surface area contributed by atoms with Gasteiger partial charge in [-0.05, 0) is 22.4 Å². The molecule has 0 fully saturated rings. The second-order valence-electron chi connectivity index (χ2n) is 2.78. The molecular formula is C9H13NO3S. The molecule has 78 valence electrons. The number of esters is 1. The minimum Gasteiger partial charge on any atom is -0.468 e. The molecule has 0 aliphatic carbocycles. The van der Waals surface area contributed by atoms with E-state index in [1.807, 2.05) is 16.8 Å². The third-order valence-corrected chi connectivity index (χ3v) is 2.46. The first-order chi connectivity index (χ1) is 6.74. The fourth-order valence-corrected chi connectivity index (χ4v) is 1.67. The number of hydrogen-bond acceptors (Lipinski definition) is 5. The van der Waals surface area contributed by atoms with E-state index in [2.05, 4.69) is 10.1 Å². The van der Waals surface area contributed by atoms with Crippen LogP contribution < -0.4 is 5.32 Å². The van der Waals surface area contributed by atoms with Crippen LogP contribution in [0.5, 0.6) is 0 Å². The van der Waals surface area contributed by atoms with Gasteiger partial charge in [0.25, 0.3) is 0 Å². The van der Waals surface area contributed by atoms with Crippen LogP contribution in [0.25, 0.3) is 0 Å². The van der Waals surface area contributed by atoms with Gasteiger partial charge in [0, 0.05) is 6.54 Å². The summed E-state index contributed by atoms with van der Waals surface area (Å²) in [5.41, 5.74) is 0.868. The first-order valence-corrected chi connectivity index (χ1v) is 5.16. The lowest BCUT2D eigenvalue weighted by molar-refractivity contribution is -0.139. The second kappa shape index (κ2) is 5.74. The van der Waals surface area contributed by atoms with Crippen molar-refractivity contribution in [2.75, 3.05) is 20.2 Å². The zero-order valence-corrected chi connectivity index (χ0v) is 8.71. The van der Waals surface area contributed by atoms with Gasteiger partial charge in [0.15, 0.2) is 0 Å². The number of aliphatic hydroxyl groups is 1. The molecule has 1 atom stereocenters. The van der Waals surface area contributed by atoms with Gasteiger partial charge in [-0.25, -0.2) is 0 Å². The molecule has 0 radical (unpaired) electrons. The highest BCUT2D eigenvalue weighted by Crippen LogP contribution is 2.14. The van der Waals surface area contributed by atoms with Gasteiger partial charge in [-0.1, -0.05) is 0 Å². The maximum absolute atomic E-state index is 10.7. The number of carbonyl (C=O) groups excluding carboxylic acids is 1. The molecule has 1 unspecified atom stereocenters. The van der Waals surface area contributed by atoms with Crippen LogP contribution >= 0.6 is 11.3 Å². The molecule has 0 saturated carbocycles. The van der Waals surface area contributed by atoms with Gasteiger partial charge in [0.1, 0.15) is 0 Å². The maximum Gasteiger partial charge on any atom is 0.319 e. The number of hydrogen-bond donors (Lipinski definition) is 2. The van der Waals surface area contributed by atoms with E-state index in [-0.39, 0.29) is 12.5 Å². The standard InChI is InChI=1S/C9H13NO3S/c1-13-9(12)5-10-4-8(11)7-2-3-14-6-7/h2-3,6,8,10-11H,4-5H2,1H3. The zero-order valence-electron chi connectivity index (χ0n) is 7.90. The Bertz CT molecular complexity index is 274. The Morgan fingerprint density at radius 2 is 2.57 bits per heavy atom. The third kappa shape index (κ3) is 3.45. The smallest absolute Gasteiger partial charge is 0.319 e. The van der Waals surface area contributed by atoms with Gasteiger partial charge in [-0.2, -0.15) is 11.3 Å². The van der Waals surface area contributed by atoms with Crippen LogP contribution in [-0.4, -0.2) is 31.3 Å². The Hall–Kier alpha value is -0.910. The summed E-state index contributed by atoms with van der Waals surface area (Å²) in [5.74, 6) is -0.331. The number of thiophene rings is 1. The molecule has 0 amide bonds. The summed E-state index contributed by atoms with van der Waals surface area (Å²) in [4.78, 5) is 10.7. The van der Waals surface area contributed by atoms with Gasteiger partial charge in [0.2, 0.25) is 0 Å². The van der Waals surface area contributed by atoms with E-state index >= 15 is 0 Å². The lowest BCUT2D eigenvalue weighted by Crippen LogP contribution is -2.28. The molecule has 1 aromatic heterocycles. The van der Waals surface area contributed by atoms with Crippen molar-refractivity contribution in [2.24, 2.45) is 0 Å². The van der Waals surface area contributed by atoms with Gasteiger partial charge >= 0.3 is 5.97 Å². The minimum absolute atomic E-state index is 0.123. The van der Waals surface area contributed by atoms with E-state index < -0.39 is 6.10 Å². The molecular weight excluding hydrogens is 202 g/mol. The van der Waals surface area contributed by atoms with Gasteiger partial charge in [-0.3, -0.25) is 4.79 Å². The molecule has 2 N–H and O–H groups in total. The predicted molar refractivity (Wildman–Crippen MR) is 54.2 cm³/mol. The number of aliphatic hydroxyl groups excluding tert-OH is 1. The lowest BCUT2D eigenvalue weighted by Gasteiger charge is -2.09. The van der Waals surface area contributed by atoms with Crippen molar-refractivity contribution in [3.8, 4) is 0 Å².